The van der Waals surface area contributed by atoms with Gasteiger partial charge in [0.2, 0.25) is 5.89 Å². The second-order valence-electron chi connectivity index (χ2n) is 7.60. The number of benzene rings is 1. The van der Waals surface area contributed by atoms with E-state index < -0.39 is 5.41 Å². The van der Waals surface area contributed by atoms with Crippen LogP contribution in [0.2, 0.25) is 0 Å². The zero-order valence-electron chi connectivity index (χ0n) is 17.3. The zero-order valence-corrected chi connectivity index (χ0v) is 17.3. The molecule has 31 heavy (non-hydrogen) atoms. The van der Waals surface area contributed by atoms with Crippen LogP contribution in [0.3, 0.4) is 0 Å². The Morgan fingerprint density at radius 3 is 2.48 bits per heavy atom. The molecular formula is C23H21N7O. The van der Waals surface area contributed by atoms with Gasteiger partial charge in [0.1, 0.15) is 5.69 Å². The summed E-state index contributed by atoms with van der Waals surface area (Å²) in [5.74, 6) is 0.686. The Hall–Kier alpha value is -3.96. The maximum absolute atomic E-state index is 9.39. The van der Waals surface area contributed by atoms with E-state index in [-0.39, 0.29) is 5.89 Å². The minimum absolute atomic E-state index is 0.280. The highest BCUT2D eigenvalue weighted by molar-refractivity contribution is 5.62. The van der Waals surface area contributed by atoms with E-state index in [0.29, 0.717) is 29.5 Å². The van der Waals surface area contributed by atoms with E-state index in [4.69, 9.17) is 10.2 Å². The molecular weight excluding hydrogens is 390 g/mol. The summed E-state index contributed by atoms with van der Waals surface area (Å²) in [6, 6.07) is 13.8. The highest BCUT2D eigenvalue weighted by Gasteiger charge is 2.22. The van der Waals surface area contributed by atoms with Gasteiger partial charge in [0.05, 0.1) is 35.3 Å². The predicted molar refractivity (Wildman–Crippen MR) is 115 cm³/mol. The summed E-state index contributed by atoms with van der Waals surface area (Å²) in [5, 5.41) is 17.7. The van der Waals surface area contributed by atoms with Gasteiger partial charge in [0.15, 0.2) is 0 Å². The maximum atomic E-state index is 9.39. The van der Waals surface area contributed by atoms with Gasteiger partial charge in [-0.05, 0) is 56.6 Å². The number of hydrogen-bond acceptors (Lipinski definition) is 8. The standard InChI is InChI=1S/C23H21N7O/c1-23(2,14-25)20-11-17(8-10-27-20)18-12-26-13-19(28-18)22-30-29-21(31-22)16-5-3-15(4-6-16)7-9-24/h3-6,8,10-13H,7,9,24H2,1-2H3. The first-order chi connectivity index (χ1) is 15.0. The molecule has 0 unspecified atom stereocenters. The minimum atomic E-state index is -0.706. The molecule has 1 aromatic carbocycles. The van der Waals surface area contributed by atoms with Crippen LogP contribution >= 0.6 is 0 Å². The largest absolute Gasteiger partial charge is 0.415 e. The van der Waals surface area contributed by atoms with Gasteiger partial charge in [0.25, 0.3) is 5.89 Å². The average Bonchev–Trinajstić information content (AvgIpc) is 3.30. The molecule has 0 atom stereocenters. The van der Waals surface area contributed by atoms with Crippen LogP contribution in [0.1, 0.15) is 25.1 Å². The number of nitrogens with zero attached hydrogens (tertiary/aromatic N) is 6. The van der Waals surface area contributed by atoms with Crippen molar-refractivity contribution in [3.05, 3.63) is 66.2 Å². The Bertz CT molecular complexity index is 1240. The van der Waals surface area contributed by atoms with Crippen LogP contribution in [-0.2, 0) is 11.8 Å². The Balaban J connectivity index is 1.63. The van der Waals surface area contributed by atoms with Gasteiger partial charge in [-0.25, -0.2) is 4.98 Å². The first kappa shape index (κ1) is 20.3. The van der Waals surface area contributed by atoms with Crippen LogP contribution in [0.25, 0.3) is 34.3 Å². The highest BCUT2D eigenvalue weighted by Crippen LogP contribution is 2.27. The molecule has 0 spiro atoms. The normalized spacial score (nSPS) is 11.3. The molecule has 8 nitrogen and oxygen atoms in total. The fourth-order valence-corrected chi connectivity index (χ4v) is 3.02. The number of rotatable bonds is 6. The summed E-state index contributed by atoms with van der Waals surface area (Å²) in [6.07, 6.45) is 5.71. The molecule has 4 aromatic rings. The second-order valence-corrected chi connectivity index (χ2v) is 7.60. The number of pyridine rings is 1. The fraction of sp³-hybridized carbons (Fsp3) is 0.217. The van der Waals surface area contributed by atoms with E-state index >= 15 is 0 Å². The van der Waals surface area contributed by atoms with E-state index in [0.717, 1.165) is 23.1 Å². The third-order valence-corrected chi connectivity index (χ3v) is 4.89. The lowest BCUT2D eigenvalue weighted by molar-refractivity contribution is 0.582. The molecule has 154 valence electrons. The third-order valence-electron chi connectivity index (χ3n) is 4.89. The lowest BCUT2D eigenvalue weighted by atomic mass is 9.90. The van der Waals surface area contributed by atoms with E-state index in [1.807, 2.05) is 50.2 Å². The molecule has 2 N–H and O–H groups in total. The number of aromatic nitrogens is 5. The summed E-state index contributed by atoms with van der Waals surface area (Å²) >= 11 is 0. The summed E-state index contributed by atoms with van der Waals surface area (Å²) in [7, 11) is 0. The molecule has 0 aliphatic carbocycles. The molecule has 0 fully saturated rings. The molecule has 3 heterocycles. The first-order valence-corrected chi connectivity index (χ1v) is 9.83. The number of nitriles is 1. The smallest absolute Gasteiger partial charge is 0.268 e. The van der Waals surface area contributed by atoms with Crippen LogP contribution in [0.15, 0.2) is 59.4 Å². The summed E-state index contributed by atoms with van der Waals surface area (Å²) in [4.78, 5) is 13.2. The quantitative estimate of drug-likeness (QED) is 0.510. The Kier molecular flexibility index (Phi) is 5.52. The van der Waals surface area contributed by atoms with Crippen molar-refractivity contribution in [1.82, 2.24) is 25.1 Å². The molecule has 0 amide bonds. The predicted octanol–water partition coefficient (Wildman–Crippen LogP) is 3.56. The number of nitrogens with two attached hydrogens (primary N) is 1. The highest BCUT2D eigenvalue weighted by atomic mass is 16.4. The van der Waals surface area contributed by atoms with E-state index in [1.165, 1.54) is 0 Å². The summed E-state index contributed by atoms with van der Waals surface area (Å²) < 4.78 is 5.84. The lowest BCUT2D eigenvalue weighted by Crippen LogP contribution is -2.15. The van der Waals surface area contributed by atoms with Crippen molar-refractivity contribution in [2.75, 3.05) is 6.54 Å². The van der Waals surface area contributed by atoms with Gasteiger partial charge >= 0.3 is 0 Å². The van der Waals surface area contributed by atoms with Gasteiger partial charge in [-0.15, -0.1) is 10.2 Å². The topological polar surface area (TPSA) is 127 Å². The molecule has 8 heteroatoms. The molecule has 4 rings (SSSR count). The Morgan fingerprint density at radius 1 is 1.00 bits per heavy atom. The SMILES string of the molecule is CC(C)(C#N)c1cc(-c2cncc(-c3nnc(-c4ccc(CCN)cc4)o3)n2)ccn1. The van der Waals surface area contributed by atoms with Crippen molar-refractivity contribution < 1.29 is 4.42 Å². The van der Waals surface area contributed by atoms with Crippen LogP contribution in [0.4, 0.5) is 0 Å². The molecule has 3 aromatic heterocycles. The summed E-state index contributed by atoms with van der Waals surface area (Å²) in [6.45, 7) is 4.25. The fourth-order valence-electron chi connectivity index (χ4n) is 3.02. The first-order valence-electron chi connectivity index (χ1n) is 9.83. The molecule has 0 saturated carbocycles. The Labute approximate surface area is 179 Å². The van der Waals surface area contributed by atoms with Gasteiger partial charge < -0.3 is 10.2 Å². The van der Waals surface area contributed by atoms with E-state index in [2.05, 4.69) is 31.2 Å². The van der Waals surface area contributed by atoms with E-state index in [1.54, 1.807) is 18.6 Å². The third kappa shape index (κ3) is 4.32. The van der Waals surface area contributed by atoms with E-state index in [9.17, 15) is 5.26 Å². The summed E-state index contributed by atoms with van der Waals surface area (Å²) in [5.41, 5.74) is 9.43. The van der Waals surface area contributed by atoms with Crippen LogP contribution in [-0.4, -0.2) is 31.7 Å². The van der Waals surface area contributed by atoms with Crippen molar-refractivity contribution in [2.24, 2.45) is 5.73 Å². The van der Waals surface area contributed by atoms with Gasteiger partial charge in [0, 0.05) is 17.3 Å². The molecule has 0 bridgehead atoms. The van der Waals surface area contributed by atoms with Crippen molar-refractivity contribution >= 4 is 0 Å². The Morgan fingerprint density at radius 2 is 1.74 bits per heavy atom. The maximum Gasteiger partial charge on any atom is 0.268 e. The molecule has 0 aliphatic heterocycles. The molecule has 0 radical (unpaired) electrons. The van der Waals surface area contributed by atoms with Crippen LogP contribution in [0, 0.1) is 11.3 Å². The van der Waals surface area contributed by atoms with Gasteiger partial charge in [-0.1, -0.05) is 12.1 Å². The van der Waals surface area contributed by atoms with Crippen molar-refractivity contribution in [3.63, 3.8) is 0 Å². The second kappa shape index (κ2) is 8.42. The molecule has 0 saturated heterocycles. The molecule has 0 aliphatic rings. The van der Waals surface area contributed by atoms with Crippen LogP contribution < -0.4 is 5.73 Å². The van der Waals surface area contributed by atoms with Crippen molar-refractivity contribution in [2.45, 2.75) is 25.7 Å². The lowest BCUT2D eigenvalue weighted by Gasteiger charge is -2.15. The van der Waals surface area contributed by atoms with Crippen molar-refractivity contribution in [3.8, 4) is 40.4 Å². The average molecular weight is 411 g/mol. The minimum Gasteiger partial charge on any atom is -0.415 e. The number of hydrogen-bond donors (Lipinski definition) is 1. The van der Waals surface area contributed by atoms with Crippen LogP contribution in [0.5, 0.6) is 0 Å². The monoisotopic (exact) mass is 411 g/mol. The van der Waals surface area contributed by atoms with Crippen molar-refractivity contribution in [1.29, 1.82) is 5.26 Å². The zero-order chi connectivity index (χ0) is 21.8. The van der Waals surface area contributed by atoms with Gasteiger partial charge in [-0.2, -0.15) is 5.26 Å². The van der Waals surface area contributed by atoms with Gasteiger partial charge in [-0.3, -0.25) is 9.97 Å².